The summed E-state index contributed by atoms with van der Waals surface area (Å²) in [5.41, 5.74) is 0.934. The average Bonchev–Trinajstić information content (AvgIpc) is 2.57. The van der Waals surface area contributed by atoms with Gasteiger partial charge in [0, 0.05) is 19.6 Å². The maximum atomic E-state index is 12.1. The van der Waals surface area contributed by atoms with Crippen LogP contribution in [-0.4, -0.2) is 44.3 Å². The Morgan fingerprint density at radius 2 is 1.96 bits per heavy atom. The van der Waals surface area contributed by atoms with Crippen LogP contribution < -0.4 is 5.32 Å². The maximum absolute atomic E-state index is 12.1. The molecule has 0 spiro atoms. The summed E-state index contributed by atoms with van der Waals surface area (Å²) in [4.78, 5) is 12.1. The van der Waals surface area contributed by atoms with Crippen molar-refractivity contribution in [2.45, 2.75) is 38.7 Å². The van der Waals surface area contributed by atoms with E-state index in [9.17, 15) is 4.79 Å². The van der Waals surface area contributed by atoms with Gasteiger partial charge in [-0.3, -0.25) is 0 Å². The minimum absolute atomic E-state index is 0.219. The summed E-state index contributed by atoms with van der Waals surface area (Å²) in [5, 5.41) is 2.81. The largest absolute Gasteiger partial charge is 0.445 e. The van der Waals surface area contributed by atoms with Crippen LogP contribution in [0, 0.1) is 0 Å². The summed E-state index contributed by atoms with van der Waals surface area (Å²) >= 11 is 0. The Labute approximate surface area is 137 Å². The standard InChI is InChI=1S/C17H25NO5/c1-3-22-17(23-4-2)10-11-20-13-15(17)18-16(19)21-12-14-8-6-5-7-9-14/h5-9,15H,3-4,10-13H2,1-2H3,(H,18,19). The van der Waals surface area contributed by atoms with Crippen molar-refractivity contribution in [2.75, 3.05) is 26.4 Å². The van der Waals surface area contributed by atoms with Crippen LogP contribution in [0.15, 0.2) is 30.3 Å². The minimum atomic E-state index is -0.854. The quantitative estimate of drug-likeness (QED) is 0.781. The lowest BCUT2D eigenvalue weighted by molar-refractivity contribution is -0.278. The SMILES string of the molecule is CCOC1(OCC)CCOCC1NC(=O)OCc1ccccc1. The number of nitrogens with one attached hydrogen (secondary N) is 1. The Balaban J connectivity index is 1.93. The third kappa shape index (κ3) is 4.92. The summed E-state index contributed by atoms with van der Waals surface area (Å²) < 4.78 is 22.4. The molecule has 0 radical (unpaired) electrons. The highest BCUT2D eigenvalue weighted by molar-refractivity contribution is 5.67. The van der Waals surface area contributed by atoms with Crippen LogP contribution >= 0.6 is 0 Å². The van der Waals surface area contributed by atoms with Gasteiger partial charge in [0.2, 0.25) is 0 Å². The van der Waals surface area contributed by atoms with Crippen molar-refractivity contribution in [3.8, 4) is 0 Å². The lowest BCUT2D eigenvalue weighted by Gasteiger charge is -2.42. The lowest BCUT2D eigenvalue weighted by atomic mass is 10.0. The van der Waals surface area contributed by atoms with Gasteiger partial charge < -0.3 is 24.3 Å². The van der Waals surface area contributed by atoms with Crippen molar-refractivity contribution in [1.82, 2.24) is 5.32 Å². The molecule has 6 nitrogen and oxygen atoms in total. The van der Waals surface area contributed by atoms with Gasteiger partial charge >= 0.3 is 6.09 Å². The first-order valence-corrected chi connectivity index (χ1v) is 8.03. The second-order valence-corrected chi connectivity index (χ2v) is 5.26. The van der Waals surface area contributed by atoms with Crippen molar-refractivity contribution in [1.29, 1.82) is 0 Å². The molecule has 6 heteroatoms. The monoisotopic (exact) mass is 323 g/mol. The molecule has 1 aromatic rings. The van der Waals surface area contributed by atoms with Crippen LogP contribution in [-0.2, 0) is 25.6 Å². The summed E-state index contributed by atoms with van der Waals surface area (Å²) in [5.74, 6) is -0.854. The summed E-state index contributed by atoms with van der Waals surface area (Å²) in [6.45, 7) is 5.89. The van der Waals surface area contributed by atoms with Gasteiger partial charge in [0.15, 0.2) is 5.79 Å². The first-order chi connectivity index (χ1) is 11.2. The highest BCUT2D eigenvalue weighted by atomic mass is 16.7. The minimum Gasteiger partial charge on any atom is -0.445 e. The van der Waals surface area contributed by atoms with Gasteiger partial charge in [0.1, 0.15) is 12.6 Å². The molecular weight excluding hydrogens is 298 g/mol. The number of carbonyl (C=O) groups is 1. The first-order valence-electron chi connectivity index (χ1n) is 8.03. The molecule has 1 heterocycles. The van der Waals surface area contributed by atoms with Crippen LogP contribution in [0.5, 0.6) is 0 Å². The van der Waals surface area contributed by atoms with E-state index >= 15 is 0 Å². The number of carbonyl (C=O) groups excluding carboxylic acids is 1. The highest BCUT2D eigenvalue weighted by Gasteiger charge is 2.44. The third-order valence-electron chi connectivity index (χ3n) is 3.69. The molecule has 1 saturated heterocycles. The molecule has 1 N–H and O–H groups in total. The van der Waals surface area contributed by atoms with E-state index in [-0.39, 0.29) is 6.61 Å². The molecule has 0 saturated carbocycles. The van der Waals surface area contributed by atoms with Crippen LogP contribution in [0.3, 0.4) is 0 Å². The highest BCUT2D eigenvalue weighted by Crippen LogP contribution is 2.27. The second kappa shape index (κ2) is 8.86. The normalized spacial score (nSPS) is 20.0. The van der Waals surface area contributed by atoms with Gasteiger partial charge in [-0.25, -0.2) is 4.79 Å². The van der Waals surface area contributed by atoms with Crippen LogP contribution in [0.1, 0.15) is 25.8 Å². The van der Waals surface area contributed by atoms with Crippen LogP contribution in [0.2, 0.25) is 0 Å². The Bertz CT molecular complexity index is 468. The molecule has 1 amide bonds. The Morgan fingerprint density at radius 1 is 1.26 bits per heavy atom. The molecule has 2 rings (SSSR count). The fourth-order valence-electron chi connectivity index (χ4n) is 2.65. The third-order valence-corrected chi connectivity index (χ3v) is 3.69. The predicted molar refractivity (Wildman–Crippen MR) is 85.0 cm³/mol. The zero-order valence-corrected chi connectivity index (χ0v) is 13.7. The van der Waals surface area contributed by atoms with Gasteiger partial charge in [-0.1, -0.05) is 30.3 Å². The summed E-state index contributed by atoms with van der Waals surface area (Å²) in [6, 6.07) is 9.13. The zero-order valence-electron chi connectivity index (χ0n) is 13.7. The van der Waals surface area contributed by atoms with Gasteiger partial charge in [-0.2, -0.15) is 0 Å². The summed E-state index contributed by atoms with van der Waals surface area (Å²) in [7, 11) is 0. The molecule has 0 aliphatic carbocycles. The molecule has 0 bridgehead atoms. The van der Waals surface area contributed by atoms with Crippen molar-refractivity contribution in [2.24, 2.45) is 0 Å². The lowest BCUT2D eigenvalue weighted by Crippen LogP contribution is -2.61. The van der Waals surface area contributed by atoms with Crippen molar-refractivity contribution in [3.63, 3.8) is 0 Å². The number of ether oxygens (including phenoxy) is 4. The van der Waals surface area contributed by atoms with Crippen LogP contribution in [0.25, 0.3) is 0 Å². The Hall–Kier alpha value is -1.63. The van der Waals surface area contributed by atoms with Gasteiger partial charge in [-0.05, 0) is 19.4 Å². The van der Waals surface area contributed by atoms with E-state index in [0.29, 0.717) is 32.8 Å². The molecule has 0 aromatic heterocycles. The van der Waals surface area contributed by atoms with E-state index in [1.54, 1.807) is 0 Å². The van der Waals surface area contributed by atoms with E-state index in [1.165, 1.54) is 0 Å². The number of rotatable bonds is 7. The summed E-state index contributed by atoms with van der Waals surface area (Å²) in [6.07, 6.45) is 0.0614. The molecule has 128 valence electrons. The van der Waals surface area contributed by atoms with Crippen LogP contribution in [0.4, 0.5) is 4.79 Å². The van der Waals surface area contributed by atoms with Crippen molar-refractivity contribution in [3.05, 3.63) is 35.9 Å². The molecule has 23 heavy (non-hydrogen) atoms. The van der Waals surface area contributed by atoms with Crippen molar-refractivity contribution < 1.29 is 23.7 Å². The zero-order chi connectivity index (χ0) is 16.5. The van der Waals surface area contributed by atoms with E-state index in [2.05, 4.69) is 5.32 Å². The maximum Gasteiger partial charge on any atom is 0.407 e. The molecule has 1 aliphatic rings. The van der Waals surface area contributed by atoms with Gasteiger partial charge in [-0.15, -0.1) is 0 Å². The van der Waals surface area contributed by atoms with Crippen molar-refractivity contribution >= 4 is 6.09 Å². The number of hydrogen-bond acceptors (Lipinski definition) is 5. The van der Waals surface area contributed by atoms with E-state index < -0.39 is 17.9 Å². The molecular formula is C17H25NO5. The molecule has 1 unspecified atom stereocenters. The van der Waals surface area contributed by atoms with E-state index in [1.807, 2.05) is 44.2 Å². The Kier molecular flexibility index (Phi) is 6.83. The van der Waals surface area contributed by atoms with E-state index in [4.69, 9.17) is 18.9 Å². The molecule has 1 fully saturated rings. The number of benzene rings is 1. The molecule has 1 atom stereocenters. The number of hydrogen-bond donors (Lipinski definition) is 1. The van der Waals surface area contributed by atoms with E-state index in [0.717, 1.165) is 5.56 Å². The fourth-order valence-corrected chi connectivity index (χ4v) is 2.65. The fraction of sp³-hybridized carbons (Fsp3) is 0.588. The van der Waals surface area contributed by atoms with Gasteiger partial charge in [0.25, 0.3) is 0 Å². The first kappa shape index (κ1) is 17.7. The predicted octanol–water partition coefficient (Wildman–Crippen LogP) is 2.47. The number of amides is 1. The second-order valence-electron chi connectivity index (χ2n) is 5.26. The average molecular weight is 323 g/mol. The van der Waals surface area contributed by atoms with Gasteiger partial charge in [0.05, 0.1) is 13.2 Å². The Morgan fingerprint density at radius 3 is 2.61 bits per heavy atom. The topological polar surface area (TPSA) is 66.0 Å². The molecule has 1 aliphatic heterocycles. The smallest absolute Gasteiger partial charge is 0.407 e. The number of alkyl carbamates (subject to hydrolysis) is 1. The molecule has 1 aromatic carbocycles.